The van der Waals surface area contributed by atoms with Crippen LogP contribution in [0.5, 0.6) is 0 Å². The fourth-order valence-corrected chi connectivity index (χ4v) is 2.75. The highest BCUT2D eigenvalue weighted by molar-refractivity contribution is 6.22. The Hall–Kier alpha value is -3.22. The lowest BCUT2D eigenvalue weighted by Crippen LogP contribution is -2.44. The average molecular weight is 340 g/mol. The van der Waals surface area contributed by atoms with Gasteiger partial charge in [0.1, 0.15) is 6.04 Å². The fourth-order valence-electron chi connectivity index (χ4n) is 2.75. The number of aryl methyl sites for hydroxylation is 1. The molecule has 7 heteroatoms. The first-order valence-electron chi connectivity index (χ1n) is 7.70. The smallest absolute Gasteiger partial charge is 0.329 e. The minimum atomic E-state index is -1.12. The molecule has 1 aliphatic rings. The van der Waals surface area contributed by atoms with Gasteiger partial charge in [0.05, 0.1) is 16.8 Å². The zero-order chi connectivity index (χ0) is 18.1. The van der Waals surface area contributed by atoms with Gasteiger partial charge in [0.2, 0.25) is 5.78 Å². The molecule has 7 nitrogen and oxygen atoms in total. The van der Waals surface area contributed by atoms with Gasteiger partial charge in [0.25, 0.3) is 11.8 Å². The molecule has 2 amide bonds. The van der Waals surface area contributed by atoms with Crippen LogP contribution in [0.4, 0.5) is 0 Å². The number of ketones is 1. The first-order valence-corrected chi connectivity index (χ1v) is 7.70. The molecule has 0 spiro atoms. The SMILES string of the molecule is C[C@H](C(=O)OCC(=O)c1cccn1C)N1C(=O)c2ccccc2C1=O. The summed E-state index contributed by atoms with van der Waals surface area (Å²) >= 11 is 0. The van der Waals surface area contributed by atoms with Crippen LogP contribution in [0.3, 0.4) is 0 Å². The molecule has 0 saturated heterocycles. The van der Waals surface area contributed by atoms with Crippen molar-refractivity contribution in [3.63, 3.8) is 0 Å². The van der Waals surface area contributed by atoms with Crippen LogP contribution in [0.1, 0.15) is 38.1 Å². The van der Waals surface area contributed by atoms with Crippen LogP contribution in [-0.2, 0) is 16.6 Å². The van der Waals surface area contributed by atoms with Crippen LogP contribution >= 0.6 is 0 Å². The maximum absolute atomic E-state index is 12.3. The summed E-state index contributed by atoms with van der Waals surface area (Å²) < 4.78 is 6.62. The number of hydrogen-bond donors (Lipinski definition) is 0. The molecule has 2 heterocycles. The number of benzene rings is 1. The Morgan fingerprint density at radius 2 is 1.64 bits per heavy atom. The molecule has 0 N–H and O–H groups in total. The van der Waals surface area contributed by atoms with Gasteiger partial charge in [0, 0.05) is 13.2 Å². The third kappa shape index (κ3) is 2.84. The van der Waals surface area contributed by atoms with E-state index in [-0.39, 0.29) is 16.9 Å². The number of fused-ring (bicyclic) bond motifs is 1. The van der Waals surface area contributed by atoms with E-state index in [1.807, 2.05) is 0 Å². The number of amides is 2. The lowest BCUT2D eigenvalue weighted by molar-refractivity contribution is -0.146. The summed E-state index contributed by atoms with van der Waals surface area (Å²) in [5.74, 6) is -2.26. The Bertz CT molecular complexity index is 848. The van der Waals surface area contributed by atoms with Crippen molar-refractivity contribution in [2.24, 2.45) is 7.05 Å². The van der Waals surface area contributed by atoms with Crippen LogP contribution in [-0.4, -0.2) is 45.7 Å². The minimum Gasteiger partial charge on any atom is -0.456 e. The molecule has 3 rings (SSSR count). The van der Waals surface area contributed by atoms with E-state index in [9.17, 15) is 19.2 Å². The van der Waals surface area contributed by atoms with Gasteiger partial charge in [-0.3, -0.25) is 19.3 Å². The maximum atomic E-state index is 12.3. The molecular formula is C18H16N2O5. The molecule has 0 fully saturated rings. The van der Waals surface area contributed by atoms with Crippen LogP contribution in [0.25, 0.3) is 0 Å². The molecule has 0 saturated carbocycles. The summed E-state index contributed by atoms with van der Waals surface area (Å²) in [5, 5.41) is 0. The van der Waals surface area contributed by atoms with Crippen molar-refractivity contribution < 1.29 is 23.9 Å². The monoisotopic (exact) mass is 340 g/mol. The molecule has 0 bridgehead atoms. The molecule has 0 radical (unpaired) electrons. The molecule has 1 aromatic heterocycles. The second-order valence-corrected chi connectivity index (χ2v) is 5.74. The van der Waals surface area contributed by atoms with E-state index in [4.69, 9.17) is 4.74 Å². The second kappa shape index (κ2) is 6.35. The van der Waals surface area contributed by atoms with Crippen LogP contribution in [0, 0.1) is 0 Å². The number of ether oxygens (including phenoxy) is 1. The number of nitrogens with zero attached hydrogens (tertiary/aromatic N) is 2. The predicted molar refractivity (Wildman–Crippen MR) is 87.1 cm³/mol. The zero-order valence-corrected chi connectivity index (χ0v) is 13.8. The molecule has 2 aromatic rings. The van der Waals surface area contributed by atoms with Crippen molar-refractivity contribution in [3.8, 4) is 0 Å². The number of Topliss-reactive ketones (excluding diaryl/α,β-unsaturated/α-hetero) is 1. The van der Waals surface area contributed by atoms with Crippen molar-refractivity contribution in [2.45, 2.75) is 13.0 Å². The summed E-state index contributed by atoms with van der Waals surface area (Å²) in [7, 11) is 1.70. The number of aromatic nitrogens is 1. The van der Waals surface area contributed by atoms with Gasteiger partial charge in [0.15, 0.2) is 6.61 Å². The number of hydrogen-bond acceptors (Lipinski definition) is 5. The number of esters is 1. The van der Waals surface area contributed by atoms with Crippen molar-refractivity contribution in [2.75, 3.05) is 6.61 Å². The summed E-state index contributed by atoms with van der Waals surface area (Å²) in [6.07, 6.45) is 1.70. The fraction of sp³-hybridized carbons (Fsp3) is 0.222. The molecule has 1 atom stereocenters. The average Bonchev–Trinajstić information content (AvgIpc) is 3.14. The van der Waals surface area contributed by atoms with Crippen molar-refractivity contribution >= 4 is 23.6 Å². The van der Waals surface area contributed by atoms with Gasteiger partial charge in [-0.05, 0) is 31.2 Å². The Labute approximate surface area is 143 Å². The summed E-state index contributed by atoms with van der Waals surface area (Å²) in [6.45, 7) is 0.946. The predicted octanol–water partition coefficient (Wildman–Crippen LogP) is 1.44. The topological polar surface area (TPSA) is 85.7 Å². The highest BCUT2D eigenvalue weighted by Crippen LogP contribution is 2.24. The number of imide groups is 1. The lowest BCUT2D eigenvalue weighted by Gasteiger charge is -2.20. The van der Waals surface area contributed by atoms with Crippen LogP contribution in [0.15, 0.2) is 42.6 Å². The highest BCUT2D eigenvalue weighted by atomic mass is 16.5. The third-order valence-corrected chi connectivity index (χ3v) is 4.13. The van der Waals surface area contributed by atoms with E-state index in [2.05, 4.69) is 0 Å². The van der Waals surface area contributed by atoms with Crippen molar-refractivity contribution in [1.29, 1.82) is 0 Å². The number of rotatable bonds is 5. The minimum absolute atomic E-state index is 0.257. The number of carbonyl (C=O) groups excluding carboxylic acids is 4. The summed E-state index contributed by atoms with van der Waals surface area (Å²) in [4.78, 5) is 49.8. The first kappa shape index (κ1) is 16.6. The second-order valence-electron chi connectivity index (χ2n) is 5.74. The van der Waals surface area contributed by atoms with Crippen molar-refractivity contribution in [1.82, 2.24) is 9.47 Å². The maximum Gasteiger partial charge on any atom is 0.329 e. The molecule has 128 valence electrons. The van der Waals surface area contributed by atoms with E-state index in [0.29, 0.717) is 5.69 Å². The van der Waals surface area contributed by atoms with Gasteiger partial charge in [-0.1, -0.05) is 12.1 Å². The molecule has 0 aliphatic carbocycles. The van der Waals surface area contributed by atoms with Crippen molar-refractivity contribution in [3.05, 3.63) is 59.4 Å². The Balaban J connectivity index is 1.67. The standard InChI is InChI=1S/C18H16N2O5/c1-11(18(24)25-10-15(21)14-8-5-9-19(14)2)20-16(22)12-6-3-4-7-13(12)17(20)23/h3-9,11H,10H2,1-2H3/t11-/m1/s1. The van der Waals surface area contributed by atoms with E-state index in [0.717, 1.165) is 4.90 Å². The summed E-state index contributed by atoms with van der Waals surface area (Å²) in [6, 6.07) is 8.57. The van der Waals surface area contributed by atoms with E-state index >= 15 is 0 Å². The normalized spacial score (nSPS) is 14.4. The summed E-state index contributed by atoms with van der Waals surface area (Å²) in [5.41, 5.74) is 0.917. The van der Waals surface area contributed by atoms with E-state index in [1.54, 1.807) is 42.1 Å². The molecule has 0 unspecified atom stereocenters. The van der Waals surface area contributed by atoms with E-state index in [1.165, 1.54) is 19.1 Å². The molecular weight excluding hydrogens is 324 g/mol. The van der Waals surface area contributed by atoms with Gasteiger partial charge >= 0.3 is 5.97 Å². The lowest BCUT2D eigenvalue weighted by atomic mass is 10.1. The Morgan fingerprint density at radius 3 is 2.16 bits per heavy atom. The van der Waals surface area contributed by atoms with Crippen LogP contribution < -0.4 is 0 Å². The Morgan fingerprint density at radius 1 is 1.04 bits per heavy atom. The van der Waals surface area contributed by atoms with Gasteiger partial charge in [-0.25, -0.2) is 4.79 Å². The molecule has 25 heavy (non-hydrogen) atoms. The zero-order valence-electron chi connectivity index (χ0n) is 13.8. The first-order chi connectivity index (χ1) is 11.9. The Kier molecular flexibility index (Phi) is 4.22. The van der Waals surface area contributed by atoms with Gasteiger partial charge in [-0.15, -0.1) is 0 Å². The third-order valence-electron chi connectivity index (χ3n) is 4.13. The van der Waals surface area contributed by atoms with Gasteiger partial charge < -0.3 is 9.30 Å². The van der Waals surface area contributed by atoms with E-state index < -0.39 is 30.4 Å². The van der Waals surface area contributed by atoms with Crippen LogP contribution in [0.2, 0.25) is 0 Å². The molecule has 1 aromatic carbocycles. The largest absolute Gasteiger partial charge is 0.456 e. The molecule has 1 aliphatic heterocycles. The quantitative estimate of drug-likeness (QED) is 0.467. The number of carbonyl (C=O) groups is 4. The van der Waals surface area contributed by atoms with Gasteiger partial charge in [-0.2, -0.15) is 0 Å². The highest BCUT2D eigenvalue weighted by Gasteiger charge is 2.41.